The maximum atomic E-state index is 14.0. The summed E-state index contributed by atoms with van der Waals surface area (Å²) in [4.78, 5) is 28.2. The van der Waals surface area contributed by atoms with Gasteiger partial charge in [0, 0.05) is 12.6 Å². The number of carbonyl (C=O) groups excluding carboxylic acids is 2. The van der Waals surface area contributed by atoms with Crippen molar-refractivity contribution in [3.05, 3.63) is 94.8 Å². The molecule has 0 heterocycles. The van der Waals surface area contributed by atoms with Crippen LogP contribution in [0.2, 0.25) is 5.02 Å². The molecule has 7 nitrogen and oxygen atoms in total. The Morgan fingerprint density at radius 1 is 0.977 bits per heavy atom. The Labute approximate surface area is 258 Å². The van der Waals surface area contributed by atoms with E-state index in [9.17, 15) is 35.6 Å². The normalized spacial score (nSPS) is 15.0. The summed E-state index contributed by atoms with van der Waals surface area (Å²) in [6, 6.07) is 13.6. The second-order valence-corrected chi connectivity index (χ2v) is 12.9. The zero-order valence-corrected chi connectivity index (χ0v) is 25.4. The number of benzene rings is 3. The van der Waals surface area contributed by atoms with Crippen molar-refractivity contribution in [1.29, 1.82) is 0 Å². The number of nitrogens with one attached hydrogen (secondary N) is 1. The van der Waals surface area contributed by atoms with E-state index < -0.39 is 62.7 Å². The number of hydrogen-bond acceptors (Lipinski definition) is 4. The van der Waals surface area contributed by atoms with Crippen LogP contribution in [0.5, 0.6) is 0 Å². The number of hydrogen-bond donors (Lipinski definition) is 1. The van der Waals surface area contributed by atoms with Gasteiger partial charge in [0.25, 0.3) is 10.0 Å². The van der Waals surface area contributed by atoms with E-state index in [2.05, 4.69) is 5.32 Å². The third-order valence-electron chi connectivity index (χ3n) is 7.54. The average Bonchev–Trinajstić information content (AvgIpc) is 2.99. The molecule has 2 amide bonds. The van der Waals surface area contributed by atoms with Crippen molar-refractivity contribution in [3.8, 4) is 0 Å². The molecule has 0 spiro atoms. The van der Waals surface area contributed by atoms with Gasteiger partial charge in [-0.2, -0.15) is 13.2 Å². The number of amides is 2. The molecule has 1 fully saturated rings. The lowest BCUT2D eigenvalue weighted by molar-refractivity contribution is -0.139. The van der Waals surface area contributed by atoms with Gasteiger partial charge in [0.2, 0.25) is 11.8 Å². The molecule has 4 rings (SSSR count). The van der Waals surface area contributed by atoms with Crippen LogP contribution < -0.4 is 9.62 Å². The van der Waals surface area contributed by atoms with E-state index in [0.717, 1.165) is 49.1 Å². The van der Waals surface area contributed by atoms with Gasteiger partial charge in [-0.15, -0.1) is 0 Å². The fourth-order valence-electron chi connectivity index (χ4n) is 5.07. The Morgan fingerprint density at radius 2 is 1.61 bits per heavy atom. The van der Waals surface area contributed by atoms with E-state index in [4.69, 9.17) is 11.6 Å². The summed E-state index contributed by atoms with van der Waals surface area (Å²) >= 11 is 5.80. The second-order valence-electron chi connectivity index (χ2n) is 10.7. The number of sulfonamides is 1. The van der Waals surface area contributed by atoms with Gasteiger partial charge < -0.3 is 10.2 Å². The molecule has 13 heteroatoms. The molecular formula is C31H32ClF4N3O4S. The van der Waals surface area contributed by atoms with Crippen LogP contribution in [0.25, 0.3) is 0 Å². The molecular weight excluding hydrogens is 622 g/mol. The first-order valence-corrected chi connectivity index (χ1v) is 15.9. The molecule has 44 heavy (non-hydrogen) atoms. The van der Waals surface area contributed by atoms with Crippen molar-refractivity contribution in [2.24, 2.45) is 0 Å². The fourth-order valence-corrected chi connectivity index (χ4v) is 6.72. The van der Waals surface area contributed by atoms with Gasteiger partial charge in [0.15, 0.2) is 0 Å². The van der Waals surface area contributed by atoms with E-state index in [1.807, 2.05) is 0 Å². The van der Waals surface area contributed by atoms with E-state index in [1.54, 1.807) is 6.07 Å². The topological polar surface area (TPSA) is 86.8 Å². The zero-order valence-electron chi connectivity index (χ0n) is 23.9. The highest BCUT2D eigenvalue weighted by Gasteiger charge is 2.37. The van der Waals surface area contributed by atoms with E-state index in [1.165, 1.54) is 55.5 Å². The fraction of sp³-hybridized carbons (Fsp3) is 0.355. The molecule has 0 unspecified atom stereocenters. The highest BCUT2D eigenvalue weighted by Crippen LogP contribution is 2.38. The quantitative estimate of drug-likeness (QED) is 0.251. The van der Waals surface area contributed by atoms with Crippen LogP contribution in [0.15, 0.2) is 77.7 Å². The van der Waals surface area contributed by atoms with Gasteiger partial charge >= 0.3 is 6.18 Å². The van der Waals surface area contributed by atoms with Crippen molar-refractivity contribution in [2.75, 3.05) is 10.8 Å². The molecule has 0 aromatic heterocycles. The smallest absolute Gasteiger partial charge is 0.352 e. The van der Waals surface area contributed by atoms with Gasteiger partial charge in [0.1, 0.15) is 18.4 Å². The summed E-state index contributed by atoms with van der Waals surface area (Å²) in [6.45, 7) is 0.365. The van der Waals surface area contributed by atoms with Crippen LogP contribution in [0, 0.1) is 5.82 Å². The van der Waals surface area contributed by atoms with Gasteiger partial charge in [-0.3, -0.25) is 13.9 Å². The van der Waals surface area contributed by atoms with Crippen molar-refractivity contribution in [1.82, 2.24) is 10.2 Å². The second kappa shape index (κ2) is 14.0. The Hall–Kier alpha value is -3.64. The molecule has 1 atom stereocenters. The molecule has 236 valence electrons. The lowest BCUT2D eigenvalue weighted by Crippen LogP contribution is -2.53. The Morgan fingerprint density at radius 3 is 2.23 bits per heavy atom. The van der Waals surface area contributed by atoms with Crippen LogP contribution in [-0.2, 0) is 32.3 Å². The third-order valence-corrected chi connectivity index (χ3v) is 9.66. The number of carbonyl (C=O) groups is 2. The zero-order chi connectivity index (χ0) is 32.1. The van der Waals surface area contributed by atoms with Gasteiger partial charge in [-0.05, 0) is 67.8 Å². The molecule has 1 saturated carbocycles. The van der Waals surface area contributed by atoms with Gasteiger partial charge in [0.05, 0.1) is 21.2 Å². The molecule has 0 bridgehead atoms. The number of rotatable bonds is 10. The summed E-state index contributed by atoms with van der Waals surface area (Å²) in [5.41, 5.74) is -1.26. The summed E-state index contributed by atoms with van der Waals surface area (Å²) in [7, 11) is -4.58. The first-order chi connectivity index (χ1) is 20.8. The highest BCUT2D eigenvalue weighted by atomic mass is 35.5. The number of alkyl halides is 3. The van der Waals surface area contributed by atoms with Gasteiger partial charge in [-0.25, -0.2) is 12.8 Å². The molecule has 0 aliphatic heterocycles. The summed E-state index contributed by atoms with van der Waals surface area (Å²) < 4.78 is 83.1. The summed E-state index contributed by atoms with van der Waals surface area (Å²) in [5, 5.41) is 2.31. The number of nitrogens with zero attached hydrogens (tertiary/aromatic N) is 2. The van der Waals surface area contributed by atoms with Crippen molar-refractivity contribution < 1.29 is 35.6 Å². The monoisotopic (exact) mass is 653 g/mol. The van der Waals surface area contributed by atoms with Crippen molar-refractivity contribution in [3.63, 3.8) is 0 Å². The minimum atomic E-state index is -4.90. The van der Waals surface area contributed by atoms with Crippen molar-refractivity contribution in [2.45, 2.75) is 68.7 Å². The number of anilines is 1. The predicted molar refractivity (Wildman–Crippen MR) is 159 cm³/mol. The summed E-state index contributed by atoms with van der Waals surface area (Å²) in [5.74, 6) is -1.84. The lowest BCUT2D eigenvalue weighted by atomic mass is 9.95. The first kappa shape index (κ1) is 33.3. The van der Waals surface area contributed by atoms with Crippen LogP contribution in [0.3, 0.4) is 0 Å². The van der Waals surface area contributed by atoms with E-state index in [0.29, 0.717) is 15.9 Å². The van der Waals surface area contributed by atoms with E-state index >= 15 is 0 Å². The van der Waals surface area contributed by atoms with Crippen molar-refractivity contribution >= 4 is 39.1 Å². The maximum Gasteiger partial charge on any atom is 0.417 e. The Bertz CT molecular complexity index is 1560. The molecule has 3 aromatic rings. The van der Waals surface area contributed by atoms with Gasteiger partial charge in [-0.1, -0.05) is 61.2 Å². The highest BCUT2D eigenvalue weighted by molar-refractivity contribution is 7.92. The van der Waals surface area contributed by atoms with Crippen LogP contribution >= 0.6 is 11.6 Å². The Balaban J connectivity index is 1.73. The standard InChI is InChI=1S/C31H32ClF4N3O4S/c1-21(30(41)37-24-8-4-2-5-9-24)38(19-22-12-14-23(33)15-13-22)29(40)20-39(44(42,43)26-10-6-3-7-11-26)25-16-17-28(32)27(18-25)31(34,35)36/h3,6-7,10-18,21,24H,2,4-5,8-9,19-20H2,1H3,(H,37,41)/t21-/m0/s1. The first-order valence-electron chi connectivity index (χ1n) is 14.1. The molecule has 1 aliphatic rings. The Kier molecular flexibility index (Phi) is 10.6. The lowest BCUT2D eigenvalue weighted by Gasteiger charge is -2.33. The largest absolute Gasteiger partial charge is 0.417 e. The van der Waals surface area contributed by atoms with E-state index in [-0.39, 0.29) is 17.5 Å². The van der Waals surface area contributed by atoms with Crippen LogP contribution in [0.1, 0.15) is 50.2 Å². The van der Waals surface area contributed by atoms with Crippen LogP contribution in [0.4, 0.5) is 23.2 Å². The molecule has 0 saturated heterocycles. The third kappa shape index (κ3) is 8.09. The SMILES string of the molecule is C[C@@H](C(=O)NC1CCCCC1)N(Cc1ccc(F)cc1)C(=O)CN(c1ccc(Cl)c(C(F)(F)F)c1)S(=O)(=O)c1ccccc1. The average molecular weight is 654 g/mol. The number of halogens is 5. The minimum Gasteiger partial charge on any atom is -0.352 e. The maximum absolute atomic E-state index is 14.0. The molecule has 3 aromatic carbocycles. The predicted octanol–water partition coefficient (Wildman–Crippen LogP) is 6.56. The summed E-state index contributed by atoms with van der Waals surface area (Å²) in [6.07, 6.45) is -0.379. The molecule has 1 aliphatic carbocycles. The molecule has 0 radical (unpaired) electrons. The van der Waals surface area contributed by atoms with Crippen LogP contribution in [-0.4, -0.2) is 43.8 Å². The minimum absolute atomic E-state index is 0.0775. The molecule has 1 N–H and O–H groups in total.